The van der Waals surface area contributed by atoms with Crippen LogP contribution in [0.2, 0.25) is 0 Å². The van der Waals surface area contributed by atoms with Crippen molar-refractivity contribution in [2.75, 3.05) is 6.66 Å². The van der Waals surface area contributed by atoms with Crippen molar-refractivity contribution in [3.05, 3.63) is 0 Å². The Morgan fingerprint density at radius 2 is 1.22 bits per heavy atom. The summed E-state index contributed by atoms with van der Waals surface area (Å²) >= 11 is 14.4. The van der Waals surface area contributed by atoms with Crippen molar-refractivity contribution in [1.29, 1.82) is 0 Å². The topological polar surface area (TPSA) is 0 Å². The van der Waals surface area contributed by atoms with Crippen LogP contribution in [0.3, 0.4) is 0 Å². The Labute approximate surface area is 64.6 Å². The predicted octanol–water partition coefficient (Wildman–Crippen LogP) is 4.15. The zero-order valence-electron chi connectivity index (χ0n) is 4.22. The Morgan fingerprint density at radius 1 is 1.11 bits per heavy atom. The second-order valence-electron chi connectivity index (χ2n) is 1.64. The fraction of sp³-hybridized carbons (Fsp3) is 1.00. The molecule has 0 spiro atoms. The summed E-state index contributed by atoms with van der Waals surface area (Å²) in [5.41, 5.74) is 0. The van der Waals surface area contributed by atoms with Crippen LogP contribution in [0.1, 0.15) is 0 Å². The molecule has 0 aromatic heterocycles. The van der Waals surface area contributed by atoms with E-state index in [9.17, 15) is 13.2 Å². The molecule has 0 saturated heterocycles. The molecule has 0 rings (SSSR count). The minimum absolute atomic E-state index is 0.594. The van der Waals surface area contributed by atoms with Crippen LogP contribution in [0.5, 0.6) is 0 Å². The Balaban J connectivity index is 4.56. The molecule has 0 radical (unpaired) electrons. The van der Waals surface area contributed by atoms with E-state index in [1.807, 2.05) is 0 Å². The van der Waals surface area contributed by atoms with Crippen LogP contribution in [0, 0.1) is 0 Å². The molecule has 0 heterocycles. The van der Waals surface area contributed by atoms with Crippen molar-refractivity contribution in [2.24, 2.45) is 0 Å². The molecule has 0 fully saturated rings. The van der Waals surface area contributed by atoms with Crippen molar-refractivity contribution in [1.82, 2.24) is 0 Å². The van der Waals surface area contributed by atoms with E-state index in [0.717, 1.165) is 0 Å². The van der Waals surface area contributed by atoms with Crippen molar-refractivity contribution >= 4 is 38.4 Å². The minimum atomic E-state index is -4.90. The second-order valence-corrected chi connectivity index (χ2v) is 13.7. The van der Waals surface area contributed by atoms with Crippen LogP contribution in [0.4, 0.5) is 13.2 Å². The van der Waals surface area contributed by atoms with Gasteiger partial charge in [0.2, 0.25) is 0 Å². The van der Waals surface area contributed by atoms with Gasteiger partial charge >= 0.3 is 64.1 Å². The third-order valence-corrected chi connectivity index (χ3v) is 3.35. The fourth-order valence-corrected chi connectivity index (χ4v) is 0. The summed E-state index contributed by atoms with van der Waals surface area (Å²) in [6.45, 7) is 0.594. The van der Waals surface area contributed by atoms with Gasteiger partial charge in [-0.2, -0.15) is 0 Å². The van der Waals surface area contributed by atoms with E-state index in [1.165, 1.54) is 0 Å². The molecule has 0 aliphatic carbocycles. The van der Waals surface area contributed by atoms with Crippen molar-refractivity contribution in [2.45, 2.75) is 5.92 Å². The summed E-state index contributed by atoms with van der Waals surface area (Å²) < 4.78 is 29.9. The molecule has 0 aromatic carbocycles. The number of alkyl halides is 3. The first-order chi connectivity index (χ1) is 3.51. The summed E-state index contributed by atoms with van der Waals surface area (Å²) in [7, 11) is 0. The van der Waals surface area contributed by atoms with Crippen LogP contribution in [-0.2, 0) is 0 Å². The first kappa shape index (κ1) is 10.1. The van der Waals surface area contributed by atoms with E-state index < -0.39 is 10.6 Å². The van der Waals surface area contributed by atoms with E-state index in [-0.39, 0.29) is 0 Å². The van der Waals surface area contributed by atoms with E-state index in [2.05, 4.69) is 0 Å². The molecule has 7 heteroatoms. The molecular formula is C2H3Cl3F3P. The Bertz CT molecular complexity index is 112. The summed E-state index contributed by atoms with van der Waals surface area (Å²) in [6, 6.07) is 0. The van der Waals surface area contributed by atoms with Gasteiger partial charge in [-0.3, -0.25) is 0 Å². The monoisotopic (exact) mass is 220 g/mol. The summed E-state index contributed by atoms with van der Waals surface area (Å²) in [6.07, 6.45) is 0. The number of hydrogen-bond donors (Lipinski definition) is 0. The van der Waals surface area contributed by atoms with Gasteiger partial charge in [0.05, 0.1) is 0 Å². The van der Waals surface area contributed by atoms with Gasteiger partial charge in [0.15, 0.2) is 0 Å². The molecular weight excluding hydrogens is 218 g/mol. The van der Waals surface area contributed by atoms with Crippen molar-refractivity contribution in [3.8, 4) is 0 Å². The molecule has 0 atom stereocenters. The molecule has 0 nitrogen and oxygen atoms in total. The van der Waals surface area contributed by atoms with Crippen LogP contribution in [0.15, 0.2) is 0 Å². The van der Waals surface area contributed by atoms with E-state index in [4.69, 9.17) is 33.7 Å². The van der Waals surface area contributed by atoms with Gasteiger partial charge in [0, 0.05) is 0 Å². The van der Waals surface area contributed by atoms with Crippen LogP contribution in [0.25, 0.3) is 0 Å². The normalized spacial score (nSPS) is 18.8. The Hall–Kier alpha value is 1.09. The van der Waals surface area contributed by atoms with Crippen molar-refractivity contribution in [3.63, 3.8) is 0 Å². The molecule has 9 heavy (non-hydrogen) atoms. The van der Waals surface area contributed by atoms with Gasteiger partial charge < -0.3 is 0 Å². The van der Waals surface area contributed by atoms with E-state index >= 15 is 0 Å². The van der Waals surface area contributed by atoms with Gasteiger partial charge in [-0.05, 0) is 0 Å². The third-order valence-electron chi connectivity index (χ3n) is 0.541. The van der Waals surface area contributed by atoms with Crippen LogP contribution in [-0.4, -0.2) is 12.6 Å². The van der Waals surface area contributed by atoms with Crippen molar-refractivity contribution < 1.29 is 13.2 Å². The fourth-order valence-electron chi connectivity index (χ4n) is 0. The molecule has 0 aromatic rings. The molecule has 0 unspecified atom stereocenters. The maximum atomic E-state index is 11.6. The summed E-state index contributed by atoms with van der Waals surface area (Å²) in [5.74, 6) is -4.70. The molecule has 58 valence electrons. The van der Waals surface area contributed by atoms with Gasteiger partial charge in [-0.1, -0.05) is 0 Å². The Morgan fingerprint density at radius 3 is 1.22 bits per heavy atom. The second kappa shape index (κ2) is 2.04. The number of rotatable bonds is 0. The molecule has 0 amide bonds. The maximum absolute atomic E-state index is 11.6. The van der Waals surface area contributed by atoms with Gasteiger partial charge in [-0.25, -0.2) is 0 Å². The zero-order chi connectivity index (χ0) is 7.95. The molecule has 0 N–H and O–H groups in total. The molecule has 0 saturated carbocycles. The predicted molar refractivity (Wildman–Crippen MR) is 36.5 cm³/mol. The molecule has 0 aliphatic rings. The molecule has 0 bridgehead atoms. The standard InChI is InChI=1S/C2H3Cl3F3P/c1-9(3,4,5)2(6,7)8/h1H3. The van der Waals surface area contributed by atoms with Gasteiger partial charge in [0.25, 0.3) is 0 Å². The van der Waals surface area contributed by atoms with Crippen LogP contribution < -0.4 is 0 Å². The first-order valence-corrected chi connectivity index (χ1v) is 7.14. The van der Waals surface area contributed by atoms with Gasteiger partial charge in [0.1, 0.15) is 0 Å². The first-order valence-electron chi connectivity index (χ1n) is 1.74. The number of hydrogen-bond acceptors (Lipinski definition) is 0. The quantitative estimate of drug-likeness (QED) is 0.539. The number of halogens is 6. The SMILES string of the molecule is CP(Cl)(Cl)(Cl)C(F)(F)F. The Kier molecular flexibility index (Phi) is 2.28. The summed E-state index contributed by atoms with van der Waals surface area (Å²) in [5, 5.41) is 0. The van der Waals surface area contributed by atoms with E-state index in [1.54, 1.807) is 0 Å². The average Bonchev–Trinajstić information content (AvgIpc) is 1.20. The van der Waals surface area contributed by atoms with Crippen LogP contribution >= 0.6 is 38.4 Å². The molecule has 0 aliphatic heterocycles. The van der Waals surface area contributed by atoms with E-state index in [0.29, 0.717) is 6.66 Å². The van der Waals surface area contributed by atoms with Gasteiger partial charge in [-0.15, -0.1) is 0 Å². The average molecular weight is 221 g/mol. The summed E-state index contributed by atoms with van der Waals surface area (Å²) in [4.78, 5) is 0. The zero-order valence-corrected chi connectivity index (χ0v) is 7.38. The third kappa shape index (κ3) is 2.67.